The second-order valence-electron chi connectivity index (χ2n) is 11.4. The third-order valence-corrected chi connectivity index (χ3v) is 8.02. The molecule has 0 aromatic heterocycles. The number of carbonyl (C=O) groups excluding carboxylic acids is 1. The minimum Gasteiger partial charge on any atom is -0.497 e. The highest BCUT2D eigenvalue weighted by molar-refractivity contribution is 5.89. The molecule has 0 saturated heterocycles. The molecule has 5 aromatic rings. The standard InChI is InChI=1S/C45H40O7/c1-5-30-50-42-28-22-38(23-29-42)44(37-20-26-41(48-3)27-21-37)52-32-6-8-33-10-14-35(15-11-33)43(36-18-24-40(47-2)25-19-36)51-31-7-9-34-12-16-39(17-13-34)45(46)49-4/h5,10-29,43-44H,1,30-32H2,2-4H3. The highest BCUT2D eigenvalue weighted by atomic mass is 16.5. The van der Waals surface area contributed by atoms with Crippen molar-refractivity contribution < 1.29 is 33.2 Å². The summed E-state index contributed by atoms with van der Waals surface area (Å²) in [5.74, 6) is 14.5. The van der Waals surface area contributed by atoms with Crippen LogP contribution in [0.1, 0.15) is 55.9 Å². The van der Waals surface area contributed by atoms with Crippen molar-refractivity contribution in [2.24, 2.45) is 0 Å². The van der Waals surface area contributed by atoms with E-state index < -0.39 is 0 Å². The number of hydrogen-bond acceptors (Lipinski definition) is 7. The van der Waals surface area contributed by atoms with Gasteiger partial charge in [0, 0.05) is 11.1 Å². The van der Waals surface area contributed by atoms with Crippen LogP contribution in [-0.2, 0) is 14.2 Å². The van der Waals surface area contributed by atoms with Crippen LogP contribution >= 0.6 is 0 Å². The Kier molecular flexibility index (Phi) is 13.7. The predicted octanol–water partition coefficient (Wildman–Crippen LogP) is 8.37. The fraction of sp³-hybridized carbons (Fsp3) is 0.178. The highest BCUT2D eigenvalue weighted by Crippen LogP contribution is 2.30. The van der Waals surface area contributed by atoms with Gasteiger partial charge in [-0.15, -0.1) is 0 Å². The van der Waals surface area contributed by atoms with E-state index in [2.05, 4.69) is 30.3 Å². The van der Waals surface area contributed by atoms with E-state index in [-0.39, 0.29) is 31.4 Å². The number of benzene rings is 5. The Balaban J connectivity index is 1.27. The second kappa shape index (κ2) is 19.2. The van der Waals surface area contributed by atoms with Crippen LogP contribution in [0.4, 0.5) is 0 Å². The minimum absolute atomic E-state index is 0.189. The maximum atomic E-state index is 11.7. The first kappa shape index (κ1) is 37.0. The molecule has 0 aliphatic rings. The summed E-state index contributed by atoms with van der Waals surface area (Å²) in [5.41, 5.74) is 5.97. The molecule has 0 radical (unpaired) electrons. The molecule has 0 heterocycles. The second-order valence-corrected chi connectivity index (χ2v) is 11.4. The lowest BCUT2D eigenvalue weighted by Gasteiger charge is -2.18. The van der Waals surface area contributed by atoms with Crippen molar-refractivity contribution in [3.63, 3.8) is 0 Å². The monoisotopic (exact) mass is 692 g/mol. The number of methoxy groups -OCH3 is 3. The van der Waals surface area contributed by atoms with Crippen molar-refractivity contribution in [2.75, 3.05) is 41.2 Å². The van der Waals surface area contributed by atoms with Gasteiger partial charge in [0.05, 0.1) is 26.9 Å². The van der Waals surface area contributed by atoms with Crippen LogP contribution in [-0.4, -0.2) is 47.1 Å². The third kappa shape index (κ3) is 10.4. The third-order valence-electron chi connectivity index (χ3n) is 8.02. The molecule has 0 aliphatic carbocycles. The van der Waals surface area contributed by atoms with Gasteiger partial charge in [-0.05, 0) is 95.1 Å². The number of esters is 1. The van der Waals surface area contributed by atoms with E-state index in [1.54, 1.807) is 44.6 Å². The van der Waals surface area contributed by atoms with Crippen LogP contribution in [0, 0.1) is 23.7 Å². The van der Waals surface area contributed by atoms with E-state index in [1.807, 2.05) is 97.1 Å². The van der Waals surface area contributed by atoms with E-state index in [0.717, 1.165) is 50.6 Å². The number of rotatable bonds is 14. The Labute approximate surface area is 305 Å². The minimum atomic E-state index is -0.387. The van der Waals surface area contributed by atoms with Crippen molar-refractivity contribution in [3.8, 4) is 40.9 Å². The van der Waals surface area contributed by atoms with E-state index in [0.29, 0.717) is 12.2 Å². The van der Waals surface area contributed by atoms with Crippen LogP contribution in [0.3, 0.4) is 0 Å². The largest absolute Gasteiger partial charge is 0.497 e. The Hall–Kier alpha value is -6.25. The van der Waals surface area contributed by atoms with Crippen molar-refractivity contribution in [2.45, 2.75) is 12.2 Å². The summed E-state index contributed by atoms with van der Waals surface area (Å²) in [6.45, 7) is 4.55. The van der Waals surface area contributed by atoms with Gasteiger partial charge < -0.3 is 28.4 Å². The lowest BCUT2D eigenvalue weighted by atomic mass is 10.00. The number of carbonyl (C=O) groups is 1. The van der Waals surface area contributed by atoms with E-state index >= 15 is 0 Å². The molecule has 52 heavy (non-hydrogen) atoms. The van der Waals surface area contributed by atoms with Gasteiger partial charge in [-0.3, -0.25) is 0 Å². The Morgan fingerprint density at radius 1 is 0.577 bits per heavy atom. The topological polar surface area (TPSA) is 72.5 Å². The number of ether oxygens (including phenoxy) is 6. The van der Waals surface area contributed by atoms with Crippen LogP contribution in [0.2, 0.25) is 0 Å². The predicted molar refractivity (Wildman–Crippen MR) is 202 cm³/mol. The zero-order valence-corrected chi connectivity index (χ0v) is 29.5. The Bertz CT molecular complexity index is 2010. The average Bonchev–Trinajstić information content (AvgIpc) is 3.21. The van der Waals surface area contributed by atoms with Gasteiger partial charge in [0.25, 0.3) is 0 Å². The molecule has 0 amide bonds. The average molecular weight is 693 g/mol. The first-order valence-corrected chi connectivity index (χ1v) is 16.6. The molecule has 0 bridgehead atoms. The van der Waals surface area contributed by atoms with Gasteiger partial charge in [0.1, 0.15) is 49.3 Å². The summed E-state index contributed by atoms with van der Waals surface area (Å²) in [6.07, 6.45) is 1.01. The molecule has 0 N–H and O–H groups in total. The molecule has 262 valence electrons. The lowest BCUT2D eigenvalue weighted by molar-refractivity contribution is 0.0600. The molecule has 7 nitrogen and oxygen atoms in total. The van der Waals surface area contributed by atoms with Crippen LogP contribution in [0.5, 0.6) is 17.2 Å². The maximum Gasteiger partial charge on any atom is 0.337 e. The SMILES string of the molecule is C=CCOc1ccc(C(OCC#Cc2ccc(C(OCC#Cc3ccc(C(=O)OC)cc3)c3ccc(OC)cc3)cc2)c2ccc(OC)cc2)cc1. The van der Waals surface area contributed by atoms with E-state index in [4.69, 9.17) is 28.4 Å². The quantitative estimate of drug-likeness (QED) is 0.0658. The molecule has 5 aromatic carbocycles. The molecular formula is C45H40O7. The zero-order valence-electron chi connectivity index (χ0n) is 29.5. The van der Waals surface area contributed by atoms with Crippen molar-refractivity contribution in [3.05, 3.63) is 173 Å². The van der Waals surface area contributed by atoms with Gasteiger partial charge in [-0.1, -0.05) is 84.9 Å². The summed E-state index contributed by atoms with van der Waals surface area (Å²) in [7, 11) is 4.64. The lowest BCUT2D eigenvalue weighted by Crippen LogP contribution is -2.07. The number of hydrogen-bond donors (Lipinski definition) is 0. The van der Waals surface area contributed by atoms with Gasteiger partial charge in [-0.25, -0.2) is 4.79 Å². The van der Waals surface area contributed by atoms with Crippen LogP contribution in [0.15, 0.2) is 134 Å². The fourth-order valence-electron chi connectivity index (χ4n) is 5.30. The van der Waals surface area contributed by atoms with Crippen molar-refractivity contribution >= 4 is 5.97 Å². The normalized spacial score (nSPS) is 11.4. The summed E-state index contributed by atoms with van der Waals surface area (Å²) in [6, 6.07) is 38.3. The summed E-state index contributed by atoms with van der Waals surface area (Å²) < 4.78 is 33.8. The van der Waals surface area contributed by atoms with Crippen molar-refractivity contribution in [1.82, 2.24) is 0 Å². The Morgan fingerprint density at radius 2 is 0.962 bits per heavy atom. The maximum absolute atomic E-state index is 11.7. The van der Waals surface area contributed by atoms with E-state index in [9.17, 15) is 4.79 Å². The molecule has 2 atom stereocenters. The molecule has 0 aliphatic heterocycles. The molecule has 0 fully saturated rings. The van der Waals surface area contributed by atoms with Crippen LogP contribution in [0.25, 0.3) is 0 Å². The van der Waals surface area contributed by atoms with Crippen LogP contribution < -0.4 is 14.2 Å². The van der Waals surface area contributed by atoms with Gasteiger partial charge in [-0.2, -0.15) is 0 Å². The van der Waals surface area contributed by atoms with Gasteiger partial charge in [0.2, 0.25) is 0 Å². The van der Waals surface area contributed by atoms with E-state index in [1.165, 1.54) is 7.11 Å². The molecule has 0 spiro atoms. The zero-order chi connectivity index (χ0) is 36.5. The van der Waals surface area contributed by atoms with Crippen molar-refractivity contribution in [1.29, 1.82) is 0 Å². The molecule has 2 unspecified atom stereocenters. The smallest absolute Gasteiger partial charge is 0.337 e. The van der Waals surface area contributed by atoms with Gasteiger partial charge >= 0.3 is 5.97 Å². The first-order chi connectivity index (χ1) is 25.5. The molecule has 5 rings (SSSR count). The summed E-state index contributed by atoms with van der Waals surface area (Å²) in [4.78, 5) is 11.7. The fourth-order valence-corrected chi connectivity index (χ4v) is 5.30. The summed E-state index contributed by atoms with van der Waals surface area (Å²) in [5, 5.41) is 0. The molecular weight excluding hydrogens is 652 g/mol. The molecule has 0 saturated carbocycles. The molecule has 7 heteroatoms. The first-order valence-electron chi connectivity index (χ1n) is 16.6. The highest BCUT2D eigenvalue weighted by Gasteiger charge is 2.16. The Morgan fingerprint density at radius 3 is 1.35 bits per heavy atom. The van der Waals surface area contributed by atoms with Gasteiger partial charge in [0.15, 0.2) is 0 Å². The summed E-state index contributed by atoms with van der Waals surface area (Å²) >= 11 is 0.